The van der Waals surface area contributed by atoms with E-state index in [9.17, 15) is 20.1 Å². The third-order valence-electron chi connectivity index (χ3n) is 3.33. The Kier molecular flexibility index (Phi) is 2.83. The summed E-state index contributed by atoms with van der Waals surface area (Å²) in [6, 6.07) is 6.81. The second-order valence-electron chi connectivity index (χ2n) is 4.82. The molecular weight excluding hydrogens is 272 g/mol. The van der Waals surface area contributed by atoms with Crippen LogP contribution in [0.25, 0.3) is 22.1 Å². The Morgan fingerprint density at radius 2 is 1.71 bits per heavy atom. The number of fused-ring (bicyclic) bond motifs is 1. The first-order valence-corrected chi connectivity index (χ1v) is 6.25. The lowest BCUT2D eigenvalue weighted by Gasteiger charge is -2.07. The van der Waals surface area contributed by atoms with Crippen molar-refractivity contribution in [2.75, 3.05) is 0 Å². The van der Waals surface area contributed by atoms with Gasteiger partial charge in [0.25, 0.3) is 0 Å². The molecule has 0 aliphatic rings. The van der Waals surface area contributed by atoms with Gasteiger partial charge in [0, 0.05) is 17.7 Å². The van der Waals surface area contributed by atoms with Gasteiger partial charge in [-0.1, -0.05) is 0 Å². The van der Waals surface area contributed by atoms with E-state index in [4.69, 9.17) is 4.42 Å². The van der Waals surface area contributed by atoms with Crippen molar-refractivity contribution in [1.29, 1.82) is 0 Å². The van der Waals surface area contributed by atoms with Gasteiger partial charge in [-0.15, -0.1) is 0 Å². The van der Waals surface area contributed by atoms with E-state index in [0.717, 1.165) is 6.07 Å². The summed E-state index contributed by atoms with van der Waals surface area (Å²) in [5.41, 5.74) is 1.01. The molecular formula is C16H12O5. The molecule has 21 heavy (non-hydrogen) atoms. The summed E-state index contributed by atoms with van der Waals surface area (Å²) in [7, 11) is 0. The van der Waals surface area contributed by atoms with Gasteiger partial charge in [-0.2, -0.15) is 0 Å². The molecule has 0 saturated heterocycles. The van der Waals surface area contributed by atoms with Crippen molar-refractivity contribution in [3.8, 4) is 28.4 Å². The van der Waals surface area contributed by atoms with Crippen LogP contribution in [0.4, 0.5) is 0 Å². The molecule has 106 valence electrons. The quantitative estimate of drug-likeness (QED) is 0.639. The van der Waals surface area contributed by atoms with Crippen LogP contribution in [0.2, 0.25) is 0 Å². The fraction of sp³-hybridized carbons (Fsp3) is 0.0625. The maximum absolute atomic E-state index is 12.6. The summed E-state index contributed by atoms with van der Waals surface area (Å²) in [6.45, 7) is 1.69. The molecule has 1 heterocycles. The number of phenols is 3. The van der Waals surface area contributed by atoms with Crippen LogP contribution in [0.3, 0.4) is 0 Å². The van der Waals surface area contributed by atoms with E-state index < -0.39 is 0 Å². The standard InChI is InChI=1S/C16H12O5/c1-8-4-10(18)6-14-15(8)16(20)12(7-21-14)11-3-2-9(17)5-13(11)19/h2-7,17-19H,1H3. The molecule has 0 saturated carbocycles. The lowest BCUT2D eigenvalue weighted by atomic mass is 10.0. The molecule has 0 amide bonds. The van der Waals surface area contributed by atoms with Gasteiger partial charge in [0.05, 0.1) is 10.9 Å². The molecule has 0 fully saturated rings. The number of rotatable bonds is 1. The molecule has 2 aromatic carbocycles. The first-order valence-electron chi connectivity index (χ1n) is 6.25. The van der Waals surface area contributed by atoms with Crippen LogP contribution in [-0.2, 0) is 0 Å². The predicted octanol–water partition coefficient (Wildman–Crippen LogP) is 2.89. The van der Waals surface area contributed by atoms with Crippen LogP contribution in [0, 0.1) is 6.92 Å². The van der Waals surface area contributed by atoms with Gasteiger partial charge in [-0.25, -0.2) is 0 Å². The highest BCUT2D eigenvalue weighted by molar-refractivity contribution is 5.86. The van der Waals surface area contributed by atoms with Crippen molar-refractivity contribution >= 4 is 11.0 Å². The fourth-order valence-electron chi connectivity index (χ4n) is 2.36. The van der Waals surface area contributed by atoms with E-state index in [1.807, 2.05) is 0 Å². The minimum absolute atomic E-state index is 0.0170. The number of phenolic OH excluding ortho intramolecular Hbond substituents is 3. The Morgan fingerprint density at radius 1 is 0.952 bits per heavy atom. The van der Waals surface area contributed by atoms with Crippen molar-refractivity contribution in [2.45, 2.75) is 6.92 Å². The zero-order valence-corrected chi connectivity index (χ0v) is 11.1. The van der Waals surface area contributed by atoms with E-state index in [-0.39, 0.29) is 39.4 Å². The van der Waals surface area contributed by atoms with E-state index in [2.05, 4.69) is 0 Å². The van der Waals surface area contributed by atoms with E-state index >= 15 is 0 Å². The van der Waals surface area contributed by atoms with Crippen LogP contribution in [0.5, 0.6) is 17.2 Å². The van der Waals surface area contributed by atoms with Gasteiger partial charge in [0.15, 0.2) is 0 Å². The second kappa shape index (κ2) is 4.56. The Morgan fingerprint density at radius 3 is 2.43 bits per heavy atom. The summed E-state index contributed by atoms with van der Waals surface area (Å²) in [4.78, 5) is 12.6. The first kappa shape index (κ1) is 13.1. The third-order valence-corrected chi connectivity index (χ3v) is 3.33. The van der Waals surface area contributed by atoms with Gasteiger partial charge in [0.1, 0.15) is 29.1 Å². The van der Waals surface area contributed by atoms with Crippen molar-refractivity contribution < 1.29 is 19.7 Å². The molecule has 0 aliphatic carbocycles. The fourth-order valence-corrected chi connectivity index (χ4v) is 2.36. The maximum atomic E-state index is 12.6. The van der Waals surface area contributed by atoms with E-state index in [1.54, 1.807) is 6.92 Å². The molecule has 5 nitrogen and oxygen atoms in total. The van der Waals surface area contributed by atoms with Gasteiger partial charge in [-0.05, 0) is 30.7 Å². The van der Waals surface area contributed by atoms with Crippen LogP contribution >= 0.6 is 0 Å². The molecule has 3 aromatic rings. The predicted molar refractivity (Wildman–Crippen MR) is 77.7 cm³/mol. The van der Waals surface area contributed by atoms with Gasteiger partial charge in [-0.3, -0.25) is 4.79 Å². The number of hydrogen-bond acceptors (Lipinski definition) is 5. The van der Waals surface area contributed by atoms with Gasteiger partial charge in [0.2, 0.25) is 5.43 Å². The highest BCUT2D eigenvalue weighted by Crippen LogP contribution is 2.32. The summed E-state index contributed by atoms with van der Waals surface area (Å²) < 4.78 is 5.39. The highest BCUT2D eigenvalue weighted by Gasteiger charge is 2.15. The molecule has 1 aromatic heterocycles. The molecule has 5 heteroatoms. The van der Waals surface area contributed by atoms with Crippen LogP contribution in [-0.4, -0.2) is 15.3 Å². The van der Waals surface area contributed by atoms with E-state index in [1.165, 1.54) is 30.5 Å². The molecule has 0 radical (unpaired) electrons. The summed E-state index contributed by atoms with van der Waals surface area (Å²) in [5, 5.41) is 29.1. The second-order valence-corrected chi connectivity index (χ2v) is 4.82. The first-order chi connectivity index (χ1) is 9.97. The minimum Gasteiger partial charge on any atom is -0.508 e. The molecule has 0 aliphatic heterocycles. The van der Waals surface area contributed by atoms with Gasteiger partial charge >= 0.3 is 0 Å². The van der Waals surface area contributed by atoms with Gasteiger partial charge < -0.3 is 19.7 Å². The summed E-state index contributed by atoms with van der Waals surface area (Å²) >= 11 is 0. The highest BCUT2D eigenvalue weighted by atomic mass is 16.3. The van der Waals surface area contributed by atoms with Crippen molar-refractivity contribution in [2.24, 2.45) is 0 Å². The monoisotopic (exact) mass is 284 g/mol. The van der Waals surface area contributed by atoms with Crippen LogP contribution in [0.15, 0.2) is 45.8 Å². The lowest BCUT2D eigenvalue weighted by Crippen LogP contribution is -2.06. The van der Waals surface area contributed by atoms with E-state index in [0.29, 0.717) is 10.9 Å². The zero-order valence-electron chi connectivity index (χ0n) is 11.1. The smallest absolute Gasteiger partial charge is 0.200 e. The Balaban J connectivity index is 2.35. The minimum atomic E-state index is -0.310. The molecule has 0 spiro atoms. The maximum Gasteiger partial charge on any atom is 0.200 e. The summed E-state index contributed by atoms with van der Waals surface area (Å²) in [6.07, 6.45) is 1.23. The Labute approximate surface area is 119 Å². The zero-order chi connectivity index (χ0) is 15.1. The Bertz CT molecular complexity index is 908. The van der Waals surface area contributed by atoms with Crippen molar-refractivity contribution in [3.05, 3.63) is 52.4 Å². The average Bonchev–Trinajstić information content (AvgIpc) is 2.39. The third kappa shape index (κ3) is 2.08. The molecule has 0 unspecified atom stereocenters. The normalized spacial score (nSPS) is 10.9. The van der Waals surface area contributed by atoms with Crippen LogP contribution < -0.4 is 5.43 Å². The largest absolute Gasteiger partial charge is 0.508 e. The van der Waals surface area contributed by atoms with Crippen LogP contribution in [0.1, 0.15) is 5.56 Å². The number of hydrogen-bond donors (Lipinski definition) is 3. The summed E-state index contributed by atoms with van der Waals surface area (Å²) in [5.74, 6) is -0.288. The average molecular weight is 284 g/mol. The van der Waals surface area contributed by atoms with Crippen molar-refractivity contribution in [3.63, 3.8) is 0 Å². The molecule has 0 bridgehead atoms. The Hall–Kier alpha value is -2.95. The topological polar surface area (TPSA) is 90.9 Å². The van der Waals surface area contributed by atoms with Crippen molar-refractivity contribution in [1.82, 2.24) is 0 Å². The number of aromatic hydroxyl groups is 3. The lowest BCUT2D eigenvalue weighted by molar-refractivity contribution is 0.451. The number of aryl methyl sites for hydroxylation is 1. The number of benzene rings is 2. The molecule has 3 N–H and O–H groups in total. The molecule has 0 atom stereocenters. The SMILES string of the molecule is Cc1cc(O)cc2occ(-c3ccc(O)cc3O)c(=O)c12. The molecule has 3 rings (SSSR count).